The lowest BCUT2D eigenvalue weighted by molar-refractivity contribution is 0.391. The van der Waals surface area contributed by atoms with Crippen molar-refractivity contribution in [3.8, 4) is 39.9 Å². The molecule has 0 aliphatic heterocycles. The van der Waals surface area contributed by atoms with Crippen LogP contribution >= 0.6 is 0 Å². The molecule has 0 spiro atoms. The molecule has 0 amide bonds. The van der Waals surface area contributed by atoms with Crippen molar-refractivity contribution in [3.05, 3.63) is 40.8 Å². The molecule has 3 rings (SSSR count). The number of fused-ring (bicyclic) bond motifs is 1. The molecule has 0 unspecified atom stereocenters. The average Bonchev–Trinajstić information content (AvgIpc) is 2.46. The molecular weight excluding hydrogens is 292 g/mol. The smallest absolute Gasteiger partial charge is 0.336 e. The molecule has 1 aromatic heterocycles. The molecule has 0 radical (unpaired) electrons. The molecule has 0 bridgehead atoms. The number of phenolic OH excluding ortho intramolecular Hbond substituents is 5. The van der Waals surface area contributed by atoms with Crippen molar-refractivity contribution < 1.29 is 29.9 Å². The lowest BCUT2D eigenvalue weighted by atomic mass is 10.0. The number of aromatic hydroxyl groups is 5. The summed E-state index contributed by atoms with van der Waals surface area (Å²) in [6.07, 6.45) is 0. The molecule has 22 heavy (non-hydrogen) atoms. The molecule has 112 valence electrons. The van der Waals surface area contributed by atoms with E-state index in [-0.39, 0.29) is 22.3 Å². The molecule has 2 aromatic carbocycles. The van der Waals surface area contributed by atoms with Gasteiger partial charge in [0.25, 0.3) is 0 Å². The van der Waals surface area contributed by atoms with Crippen LogP contribution in [0.1, 0.15) is 0 Å². The molecule has 7 nitrogen and oxygen atoms in total. The third-order valence-corrected chi connectivity index (χ3v) is 3.23. The second kappa shape index (κ2) is 4.59. The van der Waals surface area contributed by atoms with E-state index in [0.29, 0.717) is 5.56 Å². The Morgan fingerprint density at radius 2 is 1.50 bits per heavy atom. The minimum Gasteiger partial charge on any atom is -0.507 e. The Balaban J connectivity index is 2.46. The highest BCUT2D eigenvalue weighted by molar-refractivity contribution is 6.01. The van der Waals surface area contributed by atoms with Crippen molar-refractivity contribution in [2.75, 3.05) is 0 Å². The monoisotopic (exact) mass is 302 g/mol. The number of phenols is 5. The zero-order valence-electron chi connectivity index (χ0n) is 10.9. The first-order chi connectivity index (χ1) is 10.4. The molecular formula is C15H10O7. The fourth-order valence-corrected chi connectivity index (χ4v) is 2.22. The topological polar surface area (TPSA) is 131 Å². The number of rotatable bonds is 1. The lowest BCUT2D eigenvalue weighted by Gasteiger charge is -2.10. The lowest BCUT2D eigenvalue weighted by Crippen LogP contribution is -1.98. The third kappa shape index (κ3) is 1.96. The van der Waals surface area contributed by atoms with Gasteiger partial charge in [-0.15, -0.1) is 0 Å². The summed E-state index contributed by atoms with van der Waals surface area (Å²) in [5, 5.41) is 48.2. The van der Waals surface area contributed by atoms with E-state index < -0.39 is 28.6 Å². The molecule has 0 saturated heterocycles. The molecule has 0 fully saturated rings. The van der Waals surface area contributed by atoms with E-state index in [2.05, 4.69) is 0 Å². The SMILES string of the molecule is O=c1cc(-c2ccc(O)c(O)c2)c2c(O)cc(O)c(O)c2o1. The second-order valence-corrected chi connectivity index (χ2v) is 4.65. The summed E-state index contributed by atoms with van der Waals surface area (Å²) in [7, 11) is 0. The van der Waals surface area contributed by atoms with Crippen molar-refractivity contribution in [2.24, 2.45) is 0 Å². The molecule has 0 aliphatic rings. The standard InChI is InChI=1S/C15H10O7/c16-8-2-1-6(3-9(8)17)7-4-12(20)22-15-13(7)10(18)5-11(19)14(15)21/h1-5,16-19,21H. The van der Waals surface area contributed by atoms with Gasteiger partial charge in [0.1, 0.15) is 5.75 Å². The van der Waals surface area contributed by atoms with Gasteiger partial charge in [-0.25, -0.2) is 4.79 Å². The normalized spacial score (nSPS) is 10.9. The summed E-state index contributed by atoms with van der Waals surface area (Å²) < 4.78 is 4.83. The van der Waals surface area contributed by atoms with E-state index in [0.717, 1.165) is 12.1 Å². The van der Waals surface area contributed by atoms with Crippen molar-refractivity contribution >= 4 is 11.0 Å². The van der Waals surface area contributed by atoms with Crippen LogP contribution in [0.3, 0.4) is 0 Å². The third-order valence-electron chi connectivity index (χ3n) is 3.23. The molecule has 0 atom stereocenters. The first-order valence-electron chi connectivity index (χ1n) is 6.12. The minimum atomic E-state index is -0.824. The van der Waals surface area contributed by atoms with Crippen LogP contribution in [-0.4, -0.2) is 25.5 Å². The number of hydrogen-bond donors (Lipinski definition) is 5. The highest BCUT2D eigenvalue weighted by atomic mass is 16.4. The van der Waals surface area contributed by atoms with E-state index in [1.54, 1.807) is 0 Å². The Morgan fingerprint density at radius 3 is 2.18 bits per heavy atom. The van der Waals surface area contributed by atoms with E-state index in [4.69, 9.17) is 4.42 Å². The summed E-state index contributed by atoms with van der Waals surface area (Å²) in [5.41, 5.74) is -0.745. The van der Waals surface area contributed by atoms with Crippen molar-refractivity contribution in [3.63, 3.8) is 0 Å². The molecule has 0 aliphatic carbocycles. The second-order valence-electron chi connectivity index (χ2n) is 4.65. The summed E-state index contributed by atoms with van der Waals surface area (Å²) in [5.74, 6) is -2.51. The summed E-state index contributed by atoms with van der Waals surface area (Å²) >= 11 is 0. The molecule has 5 N–H and O–H groups in total. The van der Waals surface area contributed by atoms with Crippen molar-refractivity contribution in [1.29, 1.82) is 0 Å². The van der Waals surface area contributed by atoms with Crippen LogP contribution < -0.4 is 5.63 Å². The van der Waals surface area contributed by atoms with Gasteiger partial charge in [-0.1, -0.05) is 6.07 Å². The number of benzene rings is 2. The van der Waals surface area contributed by atoms with Gasteiger partial charge in [-0.05, 0) is 17.7 Å². The Kier molecular flexibility index (Phi) is 2.84. The maximum absolute atomic E-state index is 11.7. The Morgan fingerprint density at radius 1 is 0.773 bits per heavy atom. The molecule has 7 heteroatoms. The van der Waals surface area contributed by atoms with Crippen LogP contribution in [0.25, 0.3) is 22.1 Å². The molecule has 0 saturated carbocycles. The van der Waals surface area contributed by atoms with Gasteiger partial charge in [-0.3, -0.25) is 0 Å². The van der Waals surface area contributed by atoms with Crippen molar-refractivity contribution in [2.45, 2.75) is 0 Å². The first-order valence-corrected chi connectivity index (χ1v) is 6.12. The van der Waals surface area contributed by atoms with E-state index in [1.165, 1.54) is 18.2 Å². The maximum atomic E-state index is 11.7. The minimum absolute atomic E-state index is 0.0139. The van der Waals surface area contributed by atoms with Gasteiger partial charge < -0.3 is 29.9 Å². The van der Waals surface area contributed by atoms with Gasteiger partial charge in [0, 0.05) is 17.7 Å². The van der Waals surface area contributed by atoms with Crippen LogP contribution in [0, 0.1) is 0 Å². The highest BCUT2D eigenvalue weighted by Gasteiger charge is 2.19. The van der Waals surface area contributed by atoms with Gasteiger partial charge in [0.2, 0.25) is 5.75 Å². The highest BCUT2D eigenvalue weighted by Crippen LogP contribution is 2.43. The van der Waals surface area contributed by atoms with Crippen LogP contribution in [-0.2, 0) is 0 Å². The summed E-state index contributed by atoms with van der Waals surface area (Å²) in [6.45, 7) is 0. The average molecular weight is 302 g/mol. The zero-order chi connectivity index (χ0) is 16.0. The van der Waals surface area contributed by atoms with Crippen LogP contribution in [0.2, 0.25) is 0 Å². The summed E-state index contributed by atoms with van der Waals surface area (Å²) in [6, 6.07) is 5.77. The van der Waals surface area contributed by atoms with Crippen molar-refractivity contribution in [1.82, 2.24) is 0 Å². The fourth-order valence-electron chi connectivity index (χ4n) is 2.22. The van der Waals surface area contributed by atoms with E-state index >= 15 is 0 Å². The van der Waals surface area contributed by atoms with Crippen LogP contribution in [0.15, 0.2) is 39.5 Å². The Labute approximate surface area is 122 Å². The predicted molar refractivity (Wildman–Crippen MR) is 76.2 cm³/mol. The van der Waals surface area contributed by atoms with Crippen LogP contribution in [0.5, 0.6) is 28.7 Å². The van der Waals surface area contributed by atoms with Gasteiger partial charge in [-0.2, -0.15) is 0 Å². The zero-order valence-corrected chi connectivity index (χ0v) is 10.9. The van der Waals surface area contributed by atoms with E-state index in [9.17, 15) is 30.3 Å². The Hall–Kier alpha value is -3.35. The quantitative estimate of drug-likeness (QED) is 0.264. The predicted octanol–water partition coefficient (Wildman–Crippen LogP) is 1.99. The van der Waals surface area contributed by atoms with Crippen LogP contribution in [0.4, 0.5) is 0 Å². The largest absolute Gasteiger partial charge is 0.507 e. The van der Waals surface area contributed by atoms with E-state index in [1.807, 2.05) is 0 Å². The Bertz CT molecular complexity index is 956. The molecule has 3 aromatic rings. The number of hydrogen-bond acceptors (Lipinski definition) is 7. The first kappa shape index (κ1) is 13.6. The fraction of sp³-hybridized carbons (Fsp3) is 0. The molecule has 1 heterocycles. The maximum Gasteiger partial charge on any atom is 0.336 e. The summed E-state index contributed by atoms with van der Waals surface area (Å²) in [4.78, 5) is 11.7. The van der Waals surface area contributed by atoms with Gasteiger partial charge in [0.05, 0.1) is 5.39 Å². The van der Waals surface area contributed by atoms with Gasteiger partial charge in [0.15, 0.2) is 22.8 Å². The van der Waals surface area contributed by atoms with Gasteiger partial charge >= 0.3 is 5.63 Å².